The van der Waals surface area contributed by atoms with Gasteiger partial charge in [-0.05, 0) is 31.3 Å². The van der Waals surface area contributed by atoms with Crippen molar-refractivity contribution in [2.45, 2.75) is 13.0 Å². The van der Waals surface area contributed by atoms with Gasteiger partial charge in [-0.25, -0.2) is 9.97 Å². The summed E-state index contributed by atoms with van der Waals surface area (Å²) >= 11 is 10.9. The Morgan fingerprint density at radius 3 is 2.89 bits per heavy atom. The number of nitrogens with zero attached hydrogens (tertiary/aromatic N) is 2. The molecule has 18 heavy (non-hydrogen) atoms. The lowest BCUT2D eigenvalue weighted by Crippen LogP contribution is -2.31. The van der Waals surface area contributed by atoms with E-state index in [1.165, 1.54) is 0 Å². The largest absolute Gasteiger partial charge is 0.353 e. The summed E-state index contributed by atoms with van der Waals surface area (Å²) in [6.45, 7) is 1.96. The Hall–Kier alpha value is -1.66. The standard InChI is InChI=1S/C11H12ClN5S/c1-7(10-13-4-5-14-10)16-11(18)17-9-3-2-8(12)6-15-9/h2-7H,1H3,(H,13,14)(H2,15,16,17,18). The minimum absolute atomic E-state index is 0.00713. The van der Waals surface area contributed by atoms with E-state index in [2.05, 4.69) is 25.6 Å². The molecule has 2 heterocycles. The van der Waals surface area contributed by atoms with Crippen molar-refractivity contribution in [3.05, 3.63) is 41.6 Å². The Morgan fingerprint density at radius 1 is 1.44 bits per heavy atom. The summed E-state index contributed by atoms with van der Waals surface area (Å²) in [4.78, 5) is 11.3. The number of aromatic amines is 1. The number of anilines is 1. The molecule has 0 amide bonds. The zero-order valence-electron chi connectivity index (χ0n) is 9.64. The molecule has 2 rings (SSSR count). The Bertz CT molecular complexity index is 511. The van der Waals surface area contributed by atoms with Gasteiger partial charge >= 0.3 is 0 Å². The minimum atomic E-state index is -0.00713. The Kier molecular flexibility index (Phi) is 4.11. The topological polar surface area (TPSA) is 65.6 Å². The second-order valence-electron chi connectivity index (χ2n) is 3.66. The van der Waals surface area contributed by atoms with Gasteiger partial charge in [-0.2, -0.15) is 0 Å². The van der Waals surface area contributed by atoms with Crippen LogP contribution in [0.5, 0.6) is 0 Å². The van der Waals surface area contributed by atoms with Gasteiger partial charge in [0.15, 0.2) is 5.11 Å². The minimum Gasteiger partial charge on any atom is -0.353 e. The third kappa shape index (κ3) is 3.41. The van der Waals surface area contributed by atoms with Crippen LogP contribution in [-0.2, 0) is 0 Å². The van der Waals surface area contributed by atoms with Crippen molar-refractivity contribution in [2.75, 3.05) is 5.32 Å². The average Bonchev–Trinajstić information content (AvgIpc) is 2.85. The van der Waals surface area contributed by atoms with Crippen molar-refractivity contribution in [1.82, 2.24) is 20.3 Å². The first kappa shape index (κ1) is 12.8. The van der Waals surface area contributed by atoms with Crippen LogP contribution in [0.25, 0.3) is 0 Å². The van der Waals surface area contributed by atoms with E-state index in [0.29, 0.717) is 16.0 Å². The SMILES string of the molecule is CC(NC(=S)Nc1ccc(Cl)cn1)c1ncc[nH]1. The number of aromatic nitrogens is 3. The van der Waals surface area contributed by atoms with Gasteiger partial charge in [0.25, 0.3) is 0 Å². The van der Waals surface area contributed by atoms with Crippen LogP contribution < -0.4 is 10.6 Å². The van der Waals surface area contributed by atoms with Gasteiger partial charge in [0.05, 0.1) is 11.1 Å². The molecule has 7 heteroatoms. The molecule has 3 N–H and O–H groups in total. The molecule has 94 valence electrons. The van der Waals surface area contributed by atoms with E-state index in [1.807, 2.05) is 6.92 Å². The highest BCUT2D eigenvalue weighted by atomic mass is 35.5. The van der Waals surface area contributed by atoms with Crippen molar-refractivity contribution in [3.8, 4) is 0 Å². The fourth-order valence-electron chi connectivity index (χ4n) is 1.38. The molecule has 1 unspecified atom stereocenters. The number of rotatable bonds is 3. The molecule has 0 fully saturated rings. The monoisotopic (exact) mass is 281 g/mol. The highest BCUT2D eigenvalue weighted by molar-refractivity contribution is 7.80. The predicted octanol–water partition coefficient (Wildman–Crippen LogP) is 2.51. The zero-order chi connectivity index (χ0) is 13.0. The summed E-state index contributed by atoms with van der Waals surface area (Å²) in [7, 11) is 0. The van der Waals surface area contributed by atoms with Crippen LogP contribution in [0.15, 0.2) is 30.7 Å². The second kappa shape index (κ2) is 5.79. The number of hydrogen-bond donors (Lipinski definition) is 3. The van der Waals surface area contributed by atoms with Crippen molar-refractivity contribution >= 4 is 34.7 Å². The molecule has 0 spiro atoms. The van der Waals surface area contributed by atoms with Gasteiger partial charge in [0.2, 0.25) is 0 Å². The molecular weight excluding hydrogens is 270 g/mol. The third-order valence-corrected chi connectivity index (χ3v) is 2.69. The molecule has 0 aromatic carbocycles. The summed E-state index contributed by atoms with van der Waals surface area (Å²) in [6, 6.07) is 3.50. The van der Waals surface area contributed by atoms with Crippen LogP contribution in [0.1, 0.15) is 18.8 Å². The molecule has 0 aliphatic rings. The fraction of sp³-hybridized carbons (Fsp3) is 0.182. The quantitative estimate of drug-likeness (QED) is 0.755. The molecule has 0 saturated heterocycles. The van der Waals surface area contributed by atoms with E-state index >= 15 is 0 Å². The highest BCUT2D eigenvalue weighted by Gasteiger charge is 2.09. The van der Waals surface area contributed by atoms with Gasteiger partial charge in [-0.1, -0.05) is 11.6 Å². The van der Waals surface area contributed by atoms with Crippen molar-refractivity contribution in [1.29, 1.82) is 0 Å². The Morgan fingerprint density at radius 2 is 2.28 bits per heavy atom. The molecule has 0 aliphatic heterocycles. The first-order chi connectivity index (χ1) is 8.65. The van der Waals surface area contributed by atoms with Gasteiger partial charge in [0, 0.05) is 18.6 Å². The van der Waals surface area contributed by atoms with E-state index < -0.39 is 0 Å². The number of thiocarbonyl (C=S) groups is 1. The second-order valence-corrected chi connectivity index (χ2v) is 4.50. The van der Waals surface area contributed by atoms with Crippen molar-refractivity contribution in [2.24, 2.45) is 0 Å². The maximum Gasteiger partial charge on any atom is 0.172 e. The normalized spacial score (nSPS) is 11.9. The fourth-order valence-corrected chi connectivity index (χ4v) is 1.77. The zero-order valence-corrected chi connectivity index (χ0v) is 11.2. The van der Waals surface area contributed by atoms with Crippen molar-refractivity contribution < 1.29 is 0 Å². The van der Waals surface area contributed by atoms with Crippen molar-refractivity contribution in [3.63, 3.8) is 0 Å². The lowest BCUT2D eigenvalue weighted by Gasteiger charge is -2.14. The van der Waals surface area contributed by atoms with E-state index in [-0.39, 0.29) is 6.04 Å². The Labute approximate surface area is 115 Å². The maximum atomic E-state index is 5.75. The summed E-state index contributed by atoms with van der Waals surface area (Å²) in [5, 5.41) is 7.14. The predicted molar refractivity (Wildman–Crippen MR) is 75.6 cm³/mol. The molecule has 0 aliphatic carbocycles. The van der Waals surface area contributed by atoms with E-state index in [4.69, 9.17) is 23.8 Å². The van der Waals surface area contributed by atoms with Crippen LogP contribution in [0.4, 0.5) is 5.82 Å². The lowest BCUT2D eigenvalue weighted by atomic mass is 10.3. The summed E-state index contributed by atoms with van der Waals surface area (Å²) < 4.78 is 0. The molecule has 2 aromatic heterocycles. The smallest absolute Gasteiger partial charge is 0.172 e. The number of nitrogens with one attached hydrogen (secondary N) is 3. The van der Waals surface area contributed by atoms with Crippen LogP contribution in [0.3, 0.4) is 0 Å². The number of H-pyrrole nitrogens is 1. The van der Waals surface area contributed by atoms with E-state index in [1.54, 1.807) is 30.7 Å². The summed E-state index contributed by atoms with van der Waals surface area (Å²) in [5.41, 5.74) is 0. The van der Waals surface area contributed by atoms with Gasteiger partial charge < -0.3 is 15.6 Å². The van der Waals surface area contributed by atoms with Crippen LogP contribution in [-0.4, -0.2) is 20.1 Å². The van der Waals surface area contributed by atoms with Crippen LogP contribution >= 0.6 is 23.8 Å². The number of pyridine rings is 1. The number of hydrogen-bond acceptors (Lipinski definition) is 3. The first-order valence-electron chi connectivity index (χ1n) is 5.33. The lowest BCUT2D eigenvalue weighted by molar-refractivity contribution is 0.677. The molecule has 1 atom stereocenters. The molecular formula is C11H12ClN5S. The average molecular weight is 282 g/mol. The van der Waals surface area contributed by atoms with E-state index in [0.717, 1.165) is 5.82 Å². The summed E-state index contributed by atoms with van der Waals surface area (Å²) in [6.07, 6.45) is 5.03. The highest BCUT2D eigenvalue weighted by Crippen LogP contribution is 2.10. The van der Waals surface area contributed by atoms with Gasteiger partial charge in [-0.15, -0.1) is 0 Å². The molecule has 5 nitrogen and oxygen atoms in total. The van der Waals surface area contributed by atoms with Gasteiger partial charge in [0.1, 0.15) is 11.6 Å². The summed E-state index contributed by atoms with van der Waals surface area (Å²) in [5.74, 6) is 1.46. The van der Waals surface area contributed by atoms with Crippen LogP contribution in [0.2, 0.25) is 5.02 Å². The molecule has 0 saturated carbocycles. The first-order valence-corrected chi connectivity index (χ1v) is 6.12. The van der Waals surface area contributed by atoms with E-state index in [9.17, 15) is 0 Å². The number of halogens is 1. The molecule has 2 aromatic rings. The Balaban J connectivity index is 1.91. The number of imidazole rings is 1. The third-order valence-electron chi connectivity index (χ3n) is 2.25. The van der Waals surface area contributed by atoms with Gasteiger partial charge in [-0.3, -0.25) is 0 Å². The van der Waals surface area contributed by atoms with Crippen LogP contribution in [0, 0.1) is 0 Å². The molecule has 0 radical (unpaired) electrons. The molecule has 0 bridgehead atoms. The maximum absolute atomic E-state index is 5.75.